The Morgan fingerprint density at radius 2 is 1.50 bits per heavy atom. The summed E-state index contributed by atoms with van der Waals surface area (Å²) in [6.07, 6.45) is 4.08. The molecule has 4 heteroatoms. The molecule has 0 atom stereocenters. The molecule has 0 heterocycles. The molecule has 2 N–H and O–H groups in total. The van der Waals surface area contributed by atoms with Crippen molar-refractivity contribution >= 4 is 0 Å². The Kier molecular flexibility index (Phi) is 7.50. The fraction of sp³-hybridized carbons (Fsp3) is 1.00. The Hall–Kier alpha value is 1.11. The minimum Gasteiger partial charge on any atom is -0.672 e. The van der Waals surface area contributed by atoms with Crippen molar-refractivity contribution in [2.45, 2.75) is 57.5 Å². The van der Waals surface area contributed by atoms with Gasteiger partial charge in [0.05, 0.1) is 0 Å². The molecule has 0 amide bonds. The first-order chi connectivity index (χ1) is 5.31. The molecule has 1 saturated carbocycles. The molecule has 0 saturated heterocycles. The van der Waals surface area contributed by atoms with E-state index >= 15 is 0 Å². The van der Waals surface area contributed by atoms with Gasteiger partial charge in [-0.05, 0) is 0 Å². The van der Waals surface area contributed by atoms with Gasteiger partial charge in [0.2, 0.25) is 0 Å². The first-order valence-electron chi connectivity index (χ1n) is 4.81. The van der Waals surface area contributed by atoms with Gasteiger partial charge < -0.3 is 11.5 Å². The number of nitrogens with one attached hydrogen (secondary N) is 2. The van der Waals surface area contributed by atoms with E-state index in [4.69, 9.17) is 11.5 Å². The summed E-state index contributed by atoms with van der Waals surface area (Å²) in [7, 11) is 0. The summed E-state index contributed by atoms with van der Waals surface area (Å²) in [5.41, 5.74) is 15.3. The smallest absolute Gasteiger partial charge is 0.672 e. The summed E-state index contributed by atoms with van der Waals surface area (Å²) >= 11 is 0. The molecule has 72 valence electrons. The molecule has 0 aliphatic heterocycles. The van der Waals surface area contributed by atoms with E-state index in [2.05, 4.69) is 0 Å². The van der Waals surface area contributed by atoms with E-state index in [0.717, 1.165) is 25.7 Å². The van der Waals surface area contributed by atoms with Gasteiger partial charge in [0, 0.05) is 0 Å². The van der Waals surface area contributed by atoms with Crippen molar-refractivity contribution in [1.29, 1.82) is 0 Å². The fourth-order valence-electron chi connectivity index (χ4n) is 1.98. The molecule has 0 spiro atoms. The predicted molar refractivity (Wildman–Crippen MR) is 53.1 cm³/mol. The van der Waals surface area contributed by atoms with Crippen LogP contribution in [0.3, 0.4) is 0 Å². The fourth-order valence-corrected chi connectivity index (χ4v) is 1.98. The van der Waals surface area contributed by atoms with Crippen LogP contribution >= 0.6 is 0 Å². The zero-order valence-corrected chi connectivity index (χ0v) is 10.4. The average Bonchev–Trinajstić information content (AvgIpc) is 1.83. The van der Waals surface area contributed by atoms with Crippen molar-refractivity contribution in [3.05, 3.63) is 11.5 Å². The Bertz CT molecular complexity index is 154. The molecule has 1 fully saturated rings. The zero-order valence-electron chi connectivity index (χ0n) is 10.4. The summed E-state index contributed by atoms with van der Waals surface area (Å²) in [5.74, 6) is 0.510. The number of rotatable bonds is 1. The van der Waals surface area contributed by atoms with E-state index in [-0.39, 0.29) is 48.8 Å². The van der Waals surface area contributed by atoms with E-state index in [1.165, 1.54) is 0 Å². The van der Waals surface area contributed by atoms with Crippen molar-refractivity contribution < 1.29 is 37.7 Å². The van der Waals surface area contributed by atoms with E-state index in [0.29, 0.717) is 5.92 Å². The van der Waals surface area contributed by atoms with E-state index in [9.17, 15) is 0 Å². The van der Waals surface area contributed by atoms with Gasteiger partial charge in [0.25, 0.3) is 0 Å². The van der Waals surface area contributed by atoms with Crippen molar-refractivity contribution in [3.8, 4) is 0 Å². The SMILES string of the molecule is CC1([NH-])CCC(C(C)(C)[NH-])CC1.[Li+].[Li+]. The van der Waals surface area contributed by atoms with Gasteiger partial charge in [-0.25, -0.2) is 0 Å². The van der Waals surface area contributed by atoms with Crippen LogP contribution in [0.5, 0.6) is 0 Å². The van der Waals surface area contributed by atoms with Crippen LogP contribution in [0.4, 0.5) is 0 Å². The standard InChI is InChI=1S/C10H20N2.2Li/c1-9(2,11)8-4-6-10(3,12)7-5-8;;/h8,11-12H,4-7H2,1-3H3;;/q-2;2*+1. The van der Waals surface area contributed by atoms with Crippen LogP contribution in [0.1, 0.15) is 46.5 Å². The second kappa shape index (κ2) is 6.00. The third-order valence-electron chi connectivity index (χ3n) is 3.11. The Morgan fingerprint density at radius 3 is 1.79 bits per heavy atom. The van der Waals surface area contributed by atoms with Crippen molar-refractivity contribution in [2.24, 2.45) is 5.92 Å². The van der Waals surface area contributed by atoms with Crippen LogP contribution in [-0.4, -0.2) is 11.1 Å². The largest absolute Gasteiger partial charge is 1.00 e. The van der Waals surface area contributed by atoms with Crippen molar-refractivity contribution in [2.75, 3.05) is 0 Å². The van der Waals surface area contributed by atoms with Crippen molar-refractivity contribution in [3.63, 3.8) is 0 Å². The molecule has 1 aliphatic carbocycles. The van der Waals surface area contributed by atoms with Crippen LogP contribution in [0, 0.1) is 5.92 Å². The van der Waals surface area contributed by atoms with Crippen LogP contribution in [0.2, 0.25) is 0 Å². The van der Waals surface area contributed by atoms with E-state index in [1.54, 1.807) is 0 Å². The molecule has 0 bridgehead atoms. The predicted octanol–water partition coefficient (Wildman–Crippen LogP) is -2.17. The second-order valence-electron chi connectivity index (χ2n) is 5.06. The molecule has 0 aromatic heterocycles. The topological polar surface area (TPSA) is 47.6 Å². The summed E-state index contributed by atoms with van der Waals surface area (Å²) in [6.45, 7) is 5.99. The molecule has 0 aromatic carbocycles. The minimum absolute atomic E-state index is 0. The van der Waals surface area contributed by atoms with Gasteiger partial charge in [-0.1, -0.05) is 52.4 Å². The summed E-state index contributed by atoms with van der Waals surface area (Å²) < 4.78 is 0. The van der Waals surface area contributed by atoms with E-state index < -0.39 is 0 Å². The molecular weight excluding hydrogens is 162 g/mol. The molecular formula is C10H20Li2N2. The van der Waals surface area contributed by atoms with Crippen LogP contribution in [0.15, 0.2) is 0 Å². The first-order valence-corrected chi connectivity index (χ1v) is 4.81. The second-order valence-corrected chi connectivity index (χ2v) is 5.06. The third kappa shape index (κ3) is 5.27. The van der Waals surface area contributed by atoms with Gasteiger partial charge >= 0.3 is 37.7 Å². The number of hydrogen-bond acceptors (Lipinski definition) is 0. The Balaban J connectivity index is 0. The van der Waals surface area contributed by atoms with Gasteiger partial charge in [-0.3, -0.25) is 0 Å². The maximum absolute atomic E-state index is 7.89. The minimum atomic E-state index is -0.295. The van der Waals surface area contributed by atoms with Gasteiger partial charge in [-0.15, -0.1) is 11.1 Å². The molecule has 0 aromatic rings. The van der Waals surface area contributed by atoms with E-state index in [1.807, 2.05) is 20.8 Å². The van der Waals surface area contributed by atoms with Gasteiger partial charge in [-0.2, -0.15) is 0 Å². The summed E-state index contributed by atoms with van der Waals surface area (Å²) in [6, 6.07) is 0. The Morgan fingerprint density at radius 1 is 1.14 bits per heavy atom. The molecule has 1 rings (SSSR count). The average molecular weight is 182 g/mol. The maximum atomic E-state index is 7.89. The quantitative estimate of drug-likeness (QED) is 0.414. The molecule has 1 aliphatic rings. The first kappa shape index (κ1) is 17.5. The van der Waals surface area contributed by atoms with Crippen LogP contribution in [-0.2, 0) is 0 Å². The summed E-state index contributed by atoms with van der Waals surface area (Å²) in [5, 5.41) is 0. The summed E-state index contributed by atoms with van der Waals surface area (Å²) in [4.78, 5) is 0. The maximum Gasteiger partial charge on any atom is 1.00 e. The third-order valence-corrected chi connectivity index (χ3v) is 3.11. The van der Waals surface area contributed by atoms with Crippen molar-refractivity contribution in [1.82, 2.24) is 0 Å². The van der Waals surface area contributed by atoms with Crippen LogP contribution in [0.25, 0.3) is 11.5 Å². The zero-order chi connectivity index (χ0) is 9.41. The Labute approximate surface area is 112 Å². The van der Waals surface area contributed by atoms with Crippen LogP contribution < -0.4 is 37.7 Å². The monoisotopic (exact) mass is 182 g/mol. The molecule has 14 heavy (non-hydrogen) atoms. The molecule has 0 radical (unpaired) electrons. The van der Waals surface area contributed by atoms with Gasteiger partial charge in [0.1, 0.15) is 0 Å². The van der Waals surface area contributed by atoms with Gasteiger partial charge in [0.15, 0.2) is 0 Å². The molecule has 2 nitrogen and oxygen atoms in total. The molecule has 0 unspecified atom stereocenters. The number of hydrogen-bond donors (Lipinski definition) is 0. The normalized spacial score (nSPS) is 32.8.